The molecule has 0 bridgehead atoms. The zero-order chi connectivity index (χ0) is 26.4. The van der Waals surface area contributed by atoms with Crippen molar-refractivity contribution in [3.8, 4) is 34.0 Å². The van der Waals surface area contributed by atoms with Crippen LogP contribution >= 0.6 is 11.8 Å². The van der Waals surface area contributed by atoms with Crippen LogP contribution < -0.4 is 14.8 Å². The highest BCUT2D eigenvalue weighted by molar-refractivity contribution is 8.00. The second kappa shape index (κ2) is 12.0. The van der Waals surface area contributed by atoms with Gasteiger partial charge in [-0.15, -0.1) is 0 Å². The van der Waals surface area contributed by atoms with E-state index in [0.717, 1.165) is 39.7 Å². The number of hydrogen-bond acceptors (Lipinski definition) is 5. The average molecular weight is 516 g/mol. The van der Waals surface area contributed by atoms with Gasteiger partial charge in [0.25, 0.3) is 0 Å². The standard InChI is InChI=1S/C30H33N3O3S/c1-6-26(29(34)31-23-13-7-20(8-14-23)19(2)3)37-30-32-27(21-9-15-24(35-4)16-10-21)28(33-30)22-11-17-25(36-5)18-12-22/h7-19,26H,6H2,1-5H3,(H,31,34)(H,32,33). The Morgan fingerprint density at radius 3 is 1.97 bits per heavy atom. The van der Waals surface area contributed by atoms with E-state index >= 15 is 0 Å². The van der Waals surface area contributed by atoms with Gasteiger partial charge in [-0.05, 0) is 78.6 Å². The Kier molecular flexibility index (Phi) is 8.56. The topological polar surface area (TPSA) is 76.2 Å². The van der Waals surface area contributed by atoms with Crippen LogP contribution in [-0.2, 0) is 4.79 Å². The van der Waals surface area contributed by atoms with Gasteiger partial charge in [-0.3, -0.25) is 4.79 Å². The maximum atomic E-state index is 13.1. The van der Waals surface area contributed by atoms with E-state index in [2.05, 4.69) is 36.3 Å². The van der Waals surface area contributed by atoms with Crippen LogP contribution in [0.4, 0.5) is 5.69 Å². The Morgan fingerprint density at radius 2 is 1.46 bits per heavy atom. The molecule has 1 aromatic heterocycles. The molecule has 4 rings (SSSR count). The van der Waals surface area contributed by atoms with Crippen molar-refractivity contribution >= 4 is 23.4 Å². The molecule has 0 aliphatic rings. The fourth-order valence-corrected chi connectivity index (χ4v) is 4.87. The summed E-state index contributed by atoms with van der Waals surface area (Å²) in [7, 11) is 3.30. The van der Waals surface area contributed by atoms with Crippen molar-refractivity contribution < 1.29 is 14.3 Å². The highest BCUT2D eigenvalue weighted by Crippen LogP contribution is 2.36. The number of imidazole rings is 1. The average Bonchev–Trinajstić information content (AvgIpc) is 3.36. The number of rotatable bonds is 10. The third kappa shape index (κ3) is 6.35. The molecule has 1 unspecified atom stereocenters. The number of ether oxygens (including phenoxy) is 2. The first-order valence-corrected chi connectivity index (χ1v) is 13.3. The summed E-state index contributed by atoms with van der Waals surface area (Å²) < 4.78 is 10.6. The summed E-state index contributed by atoms with van der Waals surface area (Å²) in [5, 5.41) is 3.45. The number of carbonyl (C=O) groups excluding carboxylic acids is 1. The Morgan fingerprint density at radius 1 is 0.892 bits per heavy atom. The lowest BCUT2D eigenvalue weighted by Gasteiger charge is -2.14. The first-order valence-electron chi connectivity index (χ1n) is 12.4. The van der Waals surface area contributed by atoms with Gasteiger partial charge in [0, 0.05) is 16.8 Å². The SMILES string of the molecule is CCC(Sc1nc(-c2ccc(OC)cc2)c(-c2ccc(OC)cc2)[nH]1)C(=O)Nc1ccc(C(C)C)cc1. The molecule has 1 heterocycles. The van der Waals surface area contributed by atoms with Crippen molar-refractivity contribution in [3.63, 3.8) is 0 Å². The molecular formula is C30H33N3O3S. The van der Waals surface area contributed by atoms with Gasteiger partial charge in [-0.2, -0.15) is 0 Å². The van der Waals surface area contributed by atoms with E-state index < -0.39 is 0 Å². The van der Waals surface area contributed by atoms with Crippen LogP contribution in [0.2, 0.25) is 0 Å². The number of nitrogens with one attached hydrogen (secondary N) is 2. The Balaban J connectivity index is 1.60. The predicted molar refractivity (Wildman–Crippen MR) is 152 cm³/mol. The largest absolute Gasteiger partial charge is 0.497 e. The van der Waals surface area contributed by atoms with Gasteiger partial charge in [-0.1, -0.05) is 44.7 Å². The molecule has 0 spiro atoms. The number of H-pyrrole nitrogens is 1. The van der Waals surface area contributed by atoms with Crippen LogP contribution in [-0.4, -0.2) is 35.3 Å². The molecule has 2 N–H and O–H groups in total. The van der Waals surface area contributed by atoms with Crippen LogP contribution in [0.25, 0.3) is 22.5 Å². The van der Waals surface area contributed by atoms with Crippen LogP contribution in [0.15, 0.2) is 78.0 Å². The van der Waals surface area contributed by atoms with Gasteiger partial charge in [0.2, 0.25) is 5.91 Å². The van der Waals surface area contributed by atoms with Crippen molar-refractivity contribution in [1.82, 2.24) is 9.97 Å². The van der Waals surface area contributed by atoms with E-state index in [1.54, 1.807) is 14.2 Å². The van der Waals surface area contributed by atoms with Gasteiger partial charge < -0.3 is 19.8 Å². The molecular weight excluding hydrogens is 482 g/mol. The molecule has 37 heavy (non-hydrogen) atoms. The highest BCUT2D eigenvalue weighted by Gasteiger charge is 2.22. The van der Waals surface area contributed by atoms with Gasteiger partial charge >= 0.3 is 0 Å². The zero-order valence-electron chi connectivity index (χ0n) is 21.9. The second-order valence-electron chi connectivity index (χ2n) is 9.00. The number of benzene rings is 3. The molecule has 1 atom stereocenters. The lowest BCUT2D eigenvalue weighted by atomic mass is 10.0. The normalized spacial score (nSPS) is 11.8. The van der Waals surface area contributed by atoms with Crippen molar-refractivity contribution in [2.24, 2.45) is 0 Å². The monoisotopic (exact) mass is 515 g/mol. The fraction of sp³-hybridized carbons (Fsp3) is 0.267. The van der Waals surface area contributed by atoms with E-state index in [-0.39, 0.29) is 11.2 Å². The minimum absolute atomic E-state index is 0.0433. The summed E-state index contributed by atoms with van der Waals surface area (Å²) in [5.74, 6) is 1.97. The minimum atomic E-state index is -0.302. The number of aromatic amines is 1. The summed E-state index contributed by atoms with van der Waals surface area (Å²) >= 11 is 1.44. The number of thioether (sulfide) groups is 1. The first-order chi connectivity index (χ1) is 17.9. The van der Waals surface area contributed by atoms with Crippen molar-refractivity contribution in [3.05, 3.63) is 78.4 Å². The lowest BCUT2D eigenvalue weighted by Crippen LogP contribution is -2.24. The van der Waals surface area contributed by atoms with E-state index in [0.29, 0.717) is 17.5 Å². The van der Waals surface area contributed by atoms with E-state index in [1.165, 1.54) is 17.3 Å². The summed E-state index contributed by atoms with van der Waals surface area (Å²) in [6.07, 6.45) is 0.664. The second-order valence-corrected chi connectivity index (χ2v) is 10.2. The number of carbonyl (C=O) groups is 1. The molecule has 0 radical (unpaired) electrons. The number of methoxy groups -OCH3 is 2. The lowest BCUT2D eigenvalue weighted by molar-refractivity contribution is -0.115. The summed E-state index contributed by atoms with van der Waals surface area (Å²) in [5.41, 5.74) is 5.67. The number of anilines is 1. The molecule has 7 heteroatoms. The molecule has 0 saturated heterocycles. The maximum absolute atomic E-state index is 13.1. The van der Waals surface area contributed by atoms with Crippen LogP contribution in [0.3, 0.4) is 0 Å². The van der Waals surface area contributed by atoms with E-state index in [1.807, 2.05) is 67.6 Å². The predicted octanol–water partition coefficient (Wildman–Crippen LogP) is 7.39. The summed E-state index contributed by atoms with van der Waals surface area (Å²) in [6.45, 7) is 6.32. The Labute approximate surface area is 222 Å². The number of amides is 1. The molecule has 192 valence electrons. The molecule has 0 aliphatic heterocycles. The van der Waals surface area contributed by atoms with Crippen LogP contribution in [0.5, 0.6) is 11.5 Å². The molecule has 1 amide bonds. The summed E-state index contributed by atoms with van der Waals surface area (Å²) in [4.78, 5) is 21.5. The number of nitrogens with zero attached hydrogens (tertiary/aromatic N) is 1. The minimum Gasteiger partial charge on any atom is -0.497 e. The van der Waals surface area contributed by atoms with Gasteiger partial charge in [0.05, 0.1) is 30.9 Å². The van der Waals surface area contributed by atoms with E-state index in [4.69, 9.17) is 14.5 Å². The molecule has 6 nitrogen and oxygen atoms in total. The third-order valence-electron chi connectivity index (χ3n) is 6.19. The van der Waals surface area contributed by atoms with Gasteiger partial charge in [-0.25, -0.2) is 4.98 Å². The number of aromatic nitrogens is 2. The van der Waals surface area contributed by atoms with Gasteiger partial charge in [0.15, 0.2) is 5.16 Å². The summed E-state index contributed by atoms with van der Waals surface area (Å²) in [6, 6.07) is 23.7. The van der Waals surface area contributed by atoms with Crippen molar-refractivity contribution in [2.75, 3.05) is 19.5 Å². The maximum Gasteiger partial charge on any atom is 0.237 e. The van der Waals surface area contributed by atoms with E-state index in [9.17, 15) is 4.79 Å². The third-order valence-corrected chi connectivity index (χ3v) is 7.43. The molecule has 0 saturated carbocycles. The van der Waals surface area contributed by atoms with Crippen LogP contribution in [0.1, 0.15) is 38.7 Å². The zero-order valence-corrected chi connectivity index (χ0v) is 22.7. The Bertz CT molecular complexity index is 1250. The molecule has 3 aromatic carbocycles. The van der Waals surface area contributed by atoms with Crippen molar-refractivity contribution in [1.29, 1.82) is 0 Å². The quantitative estimate of drug-likeness (QED) is 0.215. The highest BCUT2D eigenvalue weighted by atomic mass is 32.2. The molecule has 4 aromatic rings. The molecule has 0 fully saturated rings. The molecule has 0 aliphatic carbocycles. The van der Waals surface area contributed by atoms with Crippen LogP contribution in [0, 0.1) is 0 Å². The number of hydrogen-bond donors (Lipinski definition) is 2. The van der Waals surface area contributed by atoms with Crippen molar-refractivity contribution in [2.45, 2.75) is 43.5 Å². The fourth-order valence-electron chi connectivity index (χ4n) is 3.96. The first kappa shape index (κ1) is 26.4. The Hall–Kier alpha value is -3.71. The van der Waals surface area contributed by atoms with Gasteiger partial charge in [0.1, 0.15) is 11.5 Å². The smallest absolute Gasteiger partial charge is 0.237 e.